The molecule has 1 heterocycles. The zero-order valence-electron chi connectivity index (χ0n) is 14.1. The quantitative estimate of drug-likeness (QED) is 0.888. The highest BCUT2D eigenvalue weighted by Crippen LogP contribution is 2.47. The molecule has 0 aliphatic rings. The standard InChI is InChI=1S/C18H23NO4/c1-12-8-6-7-9-13(12)18(17(2,3)4,19-16(20)21)14-10-11-15(22-5)23-14/h6-11,19H,1-5H3,(H,20,21). The Morgan fingerprint density at radius 1 is 1.17 bits per heavy atom. The van der Waals surface area contributed by atoms with Crippen LogP contribution in [0.2, 0.25) is 0 Å². The lowest BCUT2D eigenvalue weighted by atomic mass is 9.66. The molecule has 1 atom stereocenters. The van der Waals surface area contributed by atoms with Crippen LogP contribution < -0.4 is 10.1 Å². The first-order chi connectivity index (χ1) is 10.7. The molecule has 0 fully saturated rings. The fourth-order valence-electron chi connectivity index (χ4n) is 3.01. The summed E-state index contributed by atoms with van der Waals surface area (Å²) in [5, 5.41) is 12.2. The Labute approximate surface area is 136 Å². The van der Waals surface area contributed by atoms with E-state index in [9.17, 15) is 9.90 Å². The van der Waals surface area contributed by atoms with Crippen LogP contribution in [0.15, 0.2) is 40.8 Å². The van der Waals surface area contributed by atoms with Gasteiger partial charge in [0.1, 0.15) is 11.3 Å². The highest BCUT2D eigenvalue weighted by molar-refractivity contribution is 5.68. The number of rotatable bonds is 4. The van der Waals surface area contributed by atoms with E-state index in [1.807, 2.05) is 52.0 Å². The van der Waals surface area contributed by atoms with E-state index in [1.54, 1.807) is 12.1 Å². The Hall–Kier alpha value is -2.43. The van der Waals surface area contributed by atoms with Gasteiger partial charge in [0.05, 0.1) is 7.11 Å². The summed E-state index contributed by atoms with van der Waals surface area (Å²) in [5.41, 5.74) is 0.305. The van der Waals surface area contributed by atoms with Crippen LogP contribution in [-0.4, -0.2) is 18.3 Å². The predicted molar refractivity (Wildman–Crippen MR) is 87.8 cm³/mol. The van der Waals surface area contributed by atoms with Gasteiger partial charge in [0.25, 0.3) is 5.95 Å². The molecule has 2 aromatic rings. The van der Waals surface area contributed by atoms with Gasteiger partial charge in [0.15, 0.2) is 0 Å². The summed E-state index contributed by atoms with van der Waals surface area (Å²) in [6, 6.07) is 11.2. The minimum Gasteiger partial charge on any atom is -0.468 e. The number of nitrogens with one attached hydrogen (secondary N) is 1. The number of amides is 1. The molecule has 1 aromatic carbocycles. The minimum absolute atomic E-state index is 0.342. The molecule has 0 bridgehead atoms. The number of hydrogen-bond donors (Lipinski definition) is 2. The number of benzene rings is 1. The van der Waals surface area contributed by atoms with Crippen molar-refractivity contribution < 1.29 is 19.1 Å². The van der Waals surface area contributed by atoms with Crippen molar-refractivity contribution >= 4 is 6.09 Å². The van der Waals surface area contributed by atoms with Crippen LogP contribution in [0.5, 0.6) is 5.95 Å². The van der Waals surface area contributed by atoms with E-state index in [4.69, 9.17) is 9.15 Å². The van der Waals surface area contributed by atoms with Gasteiger partial charge < -0.3 is 19.6 Å². The normalized spacial score (nSPS) is 14.1. The molecule has 124 valence electrons. The highest BCUT2D eigenvalue weighted by atomic mass is 16.6. The third kappa shape index (κ3) is 2.91. The van der Waals surface area contributed by atoms with Crippen LogP contribution in [0.1, 0.15) is 37.7 Å². The molecular weight excluding hydrogens is 294 g/mol. The van der Waals surface area contributed by atoms with E-state index < -0.39 is 17.0 Å². The molecule has 0 aliphatic heterocycles. The van der Waals surface area contributed by atoms with Crippen LogP contribution in [-0.2, 0) is 5.54 Å². The Bertz CT molecular complexity index is 699. The maximum Gasteiger partial charge on any atom is 0.405 e. The van der Waals surface area contributed by atoms with Crippen molar-refractivity contribution in [1.29, 1.82) is 0 Å². The zero-order chi connectivity index (χ0) is 17.3. The first-order valence-corrected chi connectivity index (χ1v) is 7.44. The number of ether oxygens (including phenoxy) is 1. The van der Waals surface area contributed by atoms with Gasteiger partial charge in [0, 0.05) is 6.07 Å². The fraction of sp³-hybridized carbons (Fsp3) is 0.389. The molecule has 2 N–H and O–H groups in total. The second-order valence-electron chi connectivity index (χ2n) is 6.57. The summed E-state index contributed by atoms with van der Waals surface area (Å²) in [4.78, 5) is 11.6. The van der Waals surface area contributed by atoms with E-state index in [-0.39, 0.29) is 0 Å². The van der Waals surface area contributed by atoms with Gasteiger partial charge >= 0.3 is 6.09 Å². The zero-order valence-corrected chi connectivity index (χ0v) is 14.1. The maximum absolute atomic E-state index is 11.6. The van der Waals surface area contributed by atoms with Crippen LogP contribution in [0.4, 0.5) is 4.79 Å². The van der Waals surface area contributed by atoms with E-state index in [1.165, 1.54) is 7.11 Å². The number of carbonyl (C=O) groups is 1. The number of furan rings is 1. The molecule has 2 rings (SSSR count). The number of methoxy groups -OCH3 is 1. The Balaban J connectivity index is 2.80. The summed E-state index contributed by atoms with van der Waals surface area (Å²) < 4.78 is 10.9. The predicted octanol–water partition coefficient (Wildman–Crippen LogP) is 4.15. The Kier molecular flexibility index (Phi) is 4.41. The van der Waals surface area contributed by atoms with Gasteiger partial charge in [-0.05, 0) is 29.5 Å². The number of aryl methyl sites for hydroxylation is 1. The van der Waals surface area contributed by atoms with Gasteiger partial charge in [-0.25, -0.2) is 4.79 Å². The smallest absolute Gasteiger partial charge is 0.405 e. The highest BCUT2D eigenvalue weighted by Gasteiger charge is 2.49. The molecule has 5 nitrogen and oxygen atoms in total. The van der Waals surface area contributed by atoms with E-state index >= 15 is 0 Å². The van der Waals surface area contributed by atoms with Crippen LogP contribution >= 0.6 is 0 Å². The molecule has 1 aromatic heterocycles. The van der Waals surface area contributed by atoms with Crippen molar-refractivity contribution in [2.45, 2.75) is 33.2 Å². The minimum atomic E-state index is -1.11. The second-order valence-corrected chi connectivity index (χ2v) is 6.57. The molecule has 1 unspecified atom stereocenters. The summed E-state index contributed by atoms with van der Waals surface area (Å²) in [6.07, 6.45) is -1.11. The van der Waals surface area contributed by atoms with Gasteiger partial charge in [-0.1, -0.05) is 45.0 Å². The van der Waals surface area contributed by atoms with Crippen LogP contribution in [0.3, 0.4) is 0 Å². The van der Waals surface area contributed by atoms with Crippen molar-refractivity contribution in [3.8, 4) is 5.95 Å². The number of carboxylic acid groups (broad SMARTS) is 1. The van der Waals surface area contributed by atoms with Crippen LogP contribution in [0, 0.1) is 12.3 Å². The van der Waals surface area contributed by atoms with Crippen molar-refractivity contribution in [3.05, 3.63) is 53.3 Å². The molecule has 0 aliphatic carbocycles. The lowest BCUT2D eigenvalue weighted by Crippen LogP contribution is -2.55. The first kappa shape index (κ1) is 16.9. The lowest BCUT2D eigenvalue weighted by molar-refractivity contribution is 0.122. The van der Waals surface area contributed by atoms with E-state index in [0.717, 1.165) is 11.1 Å². The largest absolute Gasteiger partial charge is 0.468 e. The lowest BCUT2D eigenvalue weighted by Gasteiger charge is -2.44. The van der Waals surface area contributed by atoms with Gasteiger partial charge in [-0.3, -0.25) is 0 Å². The topological polar surface area (TPSA) is 71.7 Å². The van der Waals surface area contributed by atoms with Crippen LogP contribution in [0.25, 0.3) is 0 Å². The summed E-state index contributed by atoms with van der Waals surface area (Å²) in [5.74, 6) is 0.841. The summed E-state index contributed by atoms with van der Waals surface area (Å²) in [7, 11) is 1.51. The van der Waals surface area contributed by atoms with Crippen molar-refractivity contribution in [1.82, 2.24) is 5.32 Å². The van der Waals surface area contributed by atoms with Crippen molar-refractivity contribution in [2.24, 2.45) is 5.41 Å². The van der Waals surface area contributed by atoms with Gasteiger partial charge in [-0.15, -0.1) is 0 Å². The molecule has 0 radical (unpaired) electrons. The Morgan fingerprint density at radius 3 is 2.30 bits per heavy atom. The average Bonchev–Trinajstić information content (AvgIpc) is 2.93. The number of hydrogen-bond acceptors (Lipinski definition) is 3. The molecule has 23 heavy (non-hydrogen) atoms. The van der Waals surface area contributed by atoms with E-state index in [0.29, 0.717) is 11.7 Å². The second kappa shape index (κ2) is 5.99. The van der Waals surface area contributed by atoms with Crippen molar-refractivity contribution in [2.75, 3.05) is 7.11 Å². The van der Waals surface area contributed by atoms with E-state index in [2.05, 4.69) is 5.32 Å². The third-order valence-corrected chi connectivity index (χ3v) is 4.12. The molecule has 1 amide bonds. The SMILES string of the molecule is COc1ccc(C(NC(=O)O)(c2ccccc2C)C(C)(C)C)o1. The molecular formula is C18H23NO4. The summed E-state index contributed by atoms with van der Waals surface area (Å²) >= 11 is 0. The third-order valence-electron chi connectivity index (χ3n) is 4.12. The molecule has 0 spiro atoms. The maximum atomic E-state index is 11.6. The Morgan fingerprint density at radius 2 is 1.83 bits per heavy atom. The average molecular weight is 317 g/mol. The van der Waals surface area contributed by atoms with Crippen molar-refractivity contribution in [3.63, 3.8) is 0 Å². The molecule has 5 heteroatoms. The first-order valence-electron chi connectivity index (χ1n) is 7.44. The van der Waals surface area contributed by atoms with Gasteiger partial charge in [0.2, 0.25) is 0 Å². The summed E-state index contributed by atoms with van der Waals surface area (Å²) in [6.45, 7) is 7.89. The van der Waals surface area contributed by atoms with Gasteiger partial charge in [-0.2, -0.15) is 0 Å². The fourth-order valence-corrected chi connectivity index (χ4v) is 3.01. The molecule has 0 saturated heterocycles. The molecule has 0 saturated carbocycles. The monoisotopic (exact) mass is 317 g/mol.